The van der Waals surface area contributed by atoms with Crippen LogP contribution >= 0.6 is 11.6 Å². The van der Waals surface area contributed by atoms with Crippen molar-refractivity contribution in [2.75, 3.05) is 19.0 Å². The number of methoxy groups -OCH3 is 1. The number of carbonyl (C=O) groups is 2. The highest BCUT2D eigenvalue weighted by molar-refractivity contribution is 6.33. The average Bonchev–Trinajstić information content (AvgIpc) is 2.60. The quantitative estimate of drug-likeness (QED) is 0.610. The second-order valence-corrected chi connectivity index (χ2v) is 5.41. The van der Waals surface area contributed by atoms with Gasteiger partial charge in [0.25, 0.3) is 5.91 Å². The Morgan fingerprint density at radius 1 is 1.19 bits per heavy atom. The minimum Gasteiger partial charge on any atom is -0.494 e. The summed E-state index contributed by atoms with van der Waals surface area (Å²) in [5.74, 6) is -2.46. The van der Waals surface area contributed by atoms with Crippen molar-refractivity contribution in [1.82, 2.24) is 0 Å². The third-order valence-electron chi connectivity index (χ3n) is 3.14. The van der Waals surface area contributed by atoms with Gasteiger partial charge < -0.3 is 14.8 Å². The second-order valence-electron chi connectivity index (χ2n) is 5.01. The fraction of sp³-hybridized carbons (Fsp3) is 0.111. The predicted molar refractivity (Wildman–Crippen MR) is 93.0 cm³/mol. The van der Waals surface area contributed by atoms with Crippen molar-refractivity contribution >= 4 is 35.2 Å². The number of esters is 1. The molecule has 0 aliphatic rings. The maximum absolute atomic E-state index is 13.5. The summed E-state index contributed by atoms with van der Waals surface area (Å²) >= 11 is 5.78. The Morgan fingerprint density at radius 2 is 1.96 bits per heavy atom. The SMILES string of the molecule is COc1ccc(/C=C/C(=O)OCC(=O)Nc2ccc(F)cc2Cl)cc1F. The van der Waals surface area contributed by atoms with Gasteiger partial charge in [0.05, 0.1) is 17.8 Å². The molecule has 8 heteroatoms. The van der Waals surface area contributed by atoms with Gasteiger partial charge in [-0.15, -0.1) is 0 Å². The Labute approximate surface area is 153 Å². The van der Waals surface area contributed by atoms with E-state index in [1.165, 1.54) is 31.4 Å². The first kappa shape index (κ1) is 19.4. The summed E-state index contributed by atoms with van der Waals surface area (Å²) < 4.78 is 36.0. The minimum atomic E-state index is -0.790. The molecule has 0 unspecified atom stereocenters. The Bertz CT molecular complexity index is 855. The number of benzene rings is 2. The molecule has 0 aliphatic carbocycles. The molecule has 2 aromatic rings. The summed E-state index contributed by atoms with van der Waals surface area (Å²) in [6.07, 6.45) is 2.39. The number of nitrogens with one attached hydrogen (secondary N) is 1. The highest BCUT2D eigenvalue weighted by Crippen LogP contribution is 2.22. The van der Waals surface area contributed by atoms with E-state index in [-0.39, 0.29) is 16.5 Å². The Kier molecular flexibility index (Phi) is 6.68. The molecule has 2 rings (SSSR count). The van der Waals surface area contributed by atoms with Crippen molar-refractivity contribution in [3.63, 3.8) is 0 Å². The van der Waals surface area contributed by atoms with Crippen LogP contribution in [0.3, 0.4) is 0 Å². The molecular formula is C18H14ClF2NO4. The minimum absolute atomic E-state index is 0.0195. The molecule has 1 N–H and O–H groups in total. The van der Waals surface area contributed by atoms with E-state index < -0.39 is 30.1 Å². The number of hydrogen-bond acceptors (Lipinski definition) is 4. The van der Waals surface area contributed by atoms with Gasteiger partial charge in [-0.25, -0.2) is 13.6 Å². The fourth-order valence-corrected chi connectivity index (χ4v) is 2.13. The summed E-state index contributed by atoms with van der Waals surface area (Å²) in [5.41, 5.74) is 0.612. The van der Waals surface area contributed by atoms with Crippen LogP contribution in [0.2, 0.25) is 5.02 Å². The van der Waals surface area contributed by atoms with E-state index in [2.05, 4.69) is 5.32 Å². The van der Waals surface area contributed by atoms with Gasteiger partial charge in [0.15, 0.2) is 18.2 Å². The summed E-state index contributed by atoms with van der Waals surface area (Å²) in [4.78, 5) is 23.3. The van der Waals surface area contributed by atoms with Gasteiger partial charge >= 0.3 is 5.97 Å². The number of ether oxygens (including phenoxy) is 2. The molecular weight excluding hydrogens is 368 g/mol. The number of amides is 1. The first-order valence-electron chi connectivity index (χ1n) is 7.32. The molecule has 0 heterocycles. The van der Waals surface area contributed by atoms with Crippen LogP contribution in [0.15, 0.2) is 42.5 Å². The second kappa shape index (κ2) is 8.96. The zero-order valence-electron chi connectivity index (χ0n) is 13.6. The number of hydrogen-bond donors (Lipinski definition) is 1. The zero-order chi connectivity index (χ0) is 19.1. The standard InChI is InChI=1S/C18H14ClF2NO4/c1-25-16-6-2-11(8-14(16)21)3-7-18(24)26-10-17(23)22-15-5-4-12(20)9-13(15)19/h2-9H,10H2,1H3,(H,22,23)/b7-3+. The van der Waals surface area contributed by atoms with E-state index >= 15 is 0 Å². The van der Waals surface area contributed by atoms with E-state index in [1.807, 2.05) is 0 Å². The summed E-state index contributed by atoms with van der Waals surface area (Å²) in [6.45, 7) is -0.562. The maximum Gasteiger partial charge on any atom is 0.331 e. The van der Waals surface area contributed by atoms with Crippen LogP contribution < -0.4 is 10.1 Å². The predicted octanol–water partition coefficient (Wildman–Crippen LogP) is 3.82. The van der Waals surface area contributed by atoms with Crippen LogP contribution in [0.25, 0.3) is 6.08 Å². The molecule has 0 saturated heterocycles. The zero-order valence-corrected chi connectivity index (χ0v) is 14.3. The molecule has 0 saturated carbocycles. The summed E-state index contributed by atoms with van der Waals surface area (Å²) in [7, 11) is 1.34. The monoisotopic (exact) mass is 381 g/mol. The lowest BCUT2D eigenvalue weighted by Crippen LogP contribution is -2.20. The molecule has 0 bridgehead atoms. The largest absolute Gasteiger partial charge is 0.494 e. The molecule has 2 aromatic carbocycles. The van der Waals surface area contributed by atoms with Crippen molar-refractivity contribution in [3.8, 4) is 5.75 Å². The van der Waals surface area contributed by atoms with Crippen LogP contribution in [-0.2, 0) is 14.3 Å². The van der Waals surface area contributed by atoms with Gasteiger partial charge in [-0.3, -0.25) is 4.79 Å². The maximum atomic E-state index is 13.5. The van der Waals surface area contributed by atoms with Crippen molar-refractivity contribution in [3.05, 3.63) is 64.7 Å². The van der Waals surface area contributed by atoms with E-state index in [0.29, 0.717) is 5.56 Å². The van der Waals surface area contributed by atoms with Crippen LogP contribution in [0.1, 0.15) is 5.56 Å². The van der Waals surface area contributed by atoms with Gasteiger partial charge in [0.2, 0.25) is 0 Å². The average molecular weight is 382 g/mol. The molecule has 0 radical (unpaired) electrons. The van der Waals surface area contributed by atoms with Gasteiger partial charge in [0.1, 0.15) is 5.82 Å². The third kappa shape index (κ3) is 5.56. The molecule has 136 valence electrons. The Morgan fingerprint density at radius 3 is 2.62 bits per heavy atom. The molecule has 26 heavy (non-hydrogen) atoms. The molecule has 0 aliphatic heterocycles. The van der Waals surface area contributed by atoms with Crippen LogP contribution in [0, 0.1) is 11.6 Å². The smallest absolute Gasteiger partial charge is 0.331 e. The number of halogens is 3. The fourth-order valence-electron chi connectivity index (χ4n) is 1.91. The number of rotatable bonds is 6. The molecule has 1 amide bonds. The van der Waals surface area contributed by atoms with Crippen molar-refractivity contribution in [1.29, 1.82) is 0 Å². The van der Waals surface area contributed by atoms with E-state index in [0.717, 1.165) is 18.2 Å². The van der Waals surface area contributed by atoms with E-state index in [1.54, 1.807) is 6.07 Å². The molecule has 0 spiro atoms. The van der Waals surface area contributed by atoms with Gasteiger partial charge in [-0.2, -0.15) is 0 Å². The lowest BCUT2D eigenvalue weighted by Gasteiger charge is -2.07. The number of anilines is 1. The van der Waals surface area contributed by atoms with Crippen molar-refractivity contribution in [2.24, 2.45) is 0 Å². The van der Waals surface area contributed by atoms with E-state index in [9.17, 15) is 18.4 Å². The number of carbonyl (C=O) groups excluding carboxylic acids is 2. The lowest BCUT2D eigenvalue weighted by molar-refractivity contribution is -0.142. The third-order valence-corrected chi connectivity index (χ3v) is 3.45. The highest BCUT2D eigenvalue weighted by Gasteiger charge is 2.09. The van der Waals surface area contributed by atoms with Crippen LogP contribution in [-0.4, -0.2) is 25.6 Å². The molecule has 5 nitrogen and oxygen atoms in total. The molecule has 0 aromatic heterocycles. The highest BCUT2D eigenvalue weighted by atomic mass is 35.5. The van der Waals surface area contributed by atoms with Crippen molar-refractivity contribution in [2.45, 2.75) is 0 Å². The first-order chi connectivity index (χ1) is 12.4. The van der Waals surface area contributed by atoms with E-state index in [4.69, 9.17) is 21.1 Å². The topological polar surface area (TPSA) is 64.6 Å². The summed E-state index contributed by atoms with van der Waals surface area (Å²) in [6, 6.07) is 7.61. The normalized spacial score (nSPS) is 10.6. The van der Waals surface area contributed by atoms with Crippen LogP contribution in [0.4, 0.5) is 14.5 Å². The lowest BCUT2D eigenvalue weighted by atomic mass is 10.2. The van der Waals surface area contributed by atoms with Crippen LogP contribution in [0.5, 0.6) is 5.75 Å². The molecule has 0 fully saturated rings. The molecule has 0 atom stereocenters. The van der Waals surface area contributed by atoms with Gasteiger partial charge in [0, 0.05) is 6.08 Å². The van der Waals surface area contributed by atoms with Gasteiger partial charge in [-0.05, 0) is 42.0 Å². The van der Waals surface area contributed by atoms with Crippen molar-refractivity contribution < 1.29 is 27.8 Å². The first-order valence-corrected chi connectivity index (χ1v) is 7.70. The Balaban J connectivity index is 1.86. The summed E-state index contributed by atoms with van der Waals surface area (Å²) in [5, 5.41) is 2.40. The van der Waals surface area contributed by atoms with Gasteiger partial charge in [-0.1, -0.05) is 17.7 Å². The Hall–Kier alpha value is -2.93.